The van der Waals surface area contributed by atoms with E-state index in [0.717, 1.165) is 12.8 Å². The van der Waals surface area contributed by atoms with Gasteiger partial charge in [-0.3, -0.25) is 9.59 Å². The van der Waals surface area contributed by atoms with Gasteiger partial charge in [0, 0.05) is 37.8 Å². The van der Waals surface area contributed by atoms with Gasteiger partial charge in [-0.2, -0.15) is 0 Å². The third-order valence-corrected chi connectivity index (χ3v) is 11.5. The second-order valence-corrected chi connectivity index (χ2v) is 17.7. The number of carbonyl (C=O) groups is 5. The van der Waals surface area contributed by atoms with Crippen molar-refractivity contribution in [3.05, 3.63) is 12.2 Å². The zero-order valence-electron chi connectivity index (χ0n) is 32.1. The Balaban J connectivity index is 1.71. The number of hydrogen-bond acceptors (Lipinski definition) is 11. The number of fused-ring (bicyclic) bond motifs is 3. The highest BCUT2D eigenvalue weighted by molar-refractivity contribution is 6.05. The van der Waals surface area contributed by atoms with Crippen LogP contribution in [0, 0.1) is 34.0 Å². The van der Waals surface area contributed by atoms with Gasteiger partial charge in [-0.05, 0) is 97.0 Å². The minimum Gasteiger partial charge on any atom is -0.465 e. The molecule has 2 amide bonds. The third-order valence-electron chi connectivity index (χ3n) is 11.5. The number of ether oxygens (including phenoxy) is 5. The Hall–Kier alpha value is -3.19. The van der Waals surface area contributed by atoms with Crippen LogP contribution in [0.3, 0.4) is 0 Å². The van der Waals surface area contributed by atoms with Gasteiger partial charge in [-0.15, -0.1) is 0 Å². The molecule has 9 atom stereocenters. The summed E-state index contributed by atoms with van der Waals surface area (Å²) in [6.45, 7) is 20.3. The normalized spacial score (nSPS) is 33.2. The number of carbonyl (C=O) groups excluding carboxylic acids is 5. The van der Waals surface area contributed by atoms with Crippen molar-refractivity contribution in [3.8, 4) is 0 Å². The van der Waals surface area contributed by atoms with Crippen molar-refractivity contribution in [1.29, 1.82) is 0 Å². The molecule has 3 N–H and O–H groups in total. The predicted octanol–water partition coefficient (Wildman–Crippen LogP) is 5.01. The molecule has 0 aromatic heterocycles. The molecule has 0 unspecified atom stereocenters. The Kier molecular flexibility index (Phi) is 11.7. The first-order chi connectivity index (χ1) is 23.5. The molecule has 2 bridgehead atoms. The minimum absolute atomic E-state index is 0.00883. The van der Waals surface area contributed by atoms with E-state index >= 15 is 0 Å². The zero-order chi connectivity index (χ0) is 38.3. The Morgan fingerprint density at radius 1 is 1.00 bits per heavy atom. The maximum Gasteiger partial charge on any atom is 0.408 e. The topological polar surface area (TPSA) is 176 Å². The second-order valence-electron chi connectivity index (χ2n) is 17.7. The molecule has 0 heterocycles. The summed E-state index contributed by atoms with van der Waals surface area (Å²) in [5.41, 5.74) is -3.83. The quantitative estimate of drug-likeness (QED) is 0.120. The van der Waals surface area contributed by atoms with E-state index in [0.29, 0.717) is 12.8 Å². The molecule has 4 saturated carbocycles. The Morgan fingerprint density at radius 2 is 1.63 bits per heavy atom. The van der Waals surface area contributed by atoms with E-state index in [1.165, 1.54) is 14.0 Å². The first-order valence-electron chi connectivity index (χ1n) is 18.2. The highest BCUT2D eigenvalue weighted by atomic mass is 16.6. The number of hydrogen-bond donors (Lipinski definition) is 3. The molecule has 0 aromatic rings. The van der Waals surface area contributed by atoms with E-state index in [9.17, 15) is 29.1 Å². The number of aliphatic hydroxyl groups is 1. The van der Waals surface area contributed by atoms with Crippen LogP contribution >= 0.6 is 0 Å². The van der Waals surface area contributed by atoms with Crippen molar-refractivity contribution in [1.82, 2.24) is 10.6 Å². The fourth-order valence-corrected chi connectivity index (χ4v) is 9.80. The maximum atomic E-state index is 14.7. The van der Waals surface area contributed by atoms with Gasteiger partial charge < -0.3 is 39.4 Å². The van der Waals surface area contributed by atoms with Crippen molar-refractivity contribution >= 4 is 29.9 Å². The molecule has 0 aliphatic heterocycles. The summed E-state index contributed by atoms with van der Waals surface area (Å²) >= 11 is 0. The van der Waals surface area contributed by atoms with Crippen LogP contribution in [0.15, 0.2) is 12.2 Å². The average molecular weight is 721 g/mol. The lowest BCUT2D eigenvalue weighted by Crippen LogP contribution is -2.72. The highest BCUT2D eigenvalue weighted by Crippen LogP contribution is 2.72. The van der Waals surface area contributed by atoms with Gasteiger partial charge in [0.15, 0.2) is 5.78 Å². The maximum absolute atomic E-state index is 14.7. The van der Waals surface area contributed by atoms with Crippen LogP contribution in [-0.4, -0.2) is 90.8 Å². The van der Waals surface area contributed by atoms with Crippen LogP contribution in [0.5, 0.6) is 0 Å². The molecule has 13 nitrogen and oxygen atoms in total. The first-order valence-corrected chi connectivity index (χ1v) is 18.2. The molecular weight excluding hydrogens is 660 g/mol. The van der Waals surface area contributed by atoms with Gasteiger partial charge in [0.05, 0.1) is 18.8 Å². The molecule has 4 rings (SSSR count). The number of Topliss-reactive ketones (excluding diaryl/α,β-unsaturated/α-hetero) is 1. The lowest BCUT2D eigenvalue weighted by molar-refractivity contribution is -0.272. The fourth-order valence-electron chi connectivity index (χ4n) is 9.80. The van der Waals surface area contributed by atoms with Crippen LogP contribution in [0.2, 0.25) is 0 Å². The Bertz CT molecular complexity index is 1380. The SMILES string of the molecule is C=C1C(=O)[C@]23[C@H](OC(=O)[C@H](CCCNC(=O)OC(C)(C)C)NC(=O)OC(C)(C)C)[C@H]1C[C@H](O)[C@H]2[C@]1(COC(C)=O)CCCC(C)(C)[C@H]1C[C@H]3OC. The molecule has 288 valence electrons. The summed E-state index contributed by atoms with van der Waals surface area (Å²) in [7, 11) is 1.53. The van der Waals surface area contributed by atoms with Crippen molar-refractivity contribution in [3.63, 3.8) is 0 Å². The first kappa shape index (κ1) is 40.6. The second kappa shape index (κ2) is 14.7. The zero-order valence-corrected chi connectivity index (χ0v) is 32.1. The molecule has 4 aliphatic carbocycles. The molecule has 1 spiro atoms. The lowest BCUT2D eigenvalue weighted by Gasteiger charge is -2.67. The largest absolute Gasteiger partial charge is 0.465 e. The number of aliphatic hydroxyl groups excluding tert-OH is 1. The monoisotopic (exact) mass is 720 g/mol. The predicted molar refractivity (Wildman–Crippen MR) is 186 cm³/mol. The van der Waals surface area contributed by atoms with E-state index in [2.05, 4.69) is 31.1 Å². The number of methoxy groups -OCH3 is 1. The molecule has 4 aliphatic rings. The lowest BCUT2D eigenvalue weighted by atomic mass is 9.39. The van der Waals surface area contributed by atoms with Gasteiger partial charge in [0.25, 0.3) is 0 Å². The van der Waals surface area contributed by atoms with Crippen LogP contribution in [0.25, 0.3) is 0 Å². The molecule has 13 heteroatoms. The summed E-state index contributed by atoms with van der Waals surface area (Å²) in [5, 5.41) is 17.4. The number of amides is 2. The van der Waals surface area contributed by atoms with Crippen LogP contribution < -0.4 is 10.6 Å². The minimum atomic E-state index is -1.51. The molecule has 0 radical (unpaired) electrons. The van der Waals surface area contributed by atoms with Crippen LogP contribution in [0.1, 0.15) is 107 Å². The van der Waals surface area contributed by atoms with Crippen LogP contribution in [-0.2, 0) is 38.1 Å². The van der Waals surface area contributed by atoms with Crippen molar-refractivity contribution in [2.75, 3.05) is 20.3 Å². The van der Waals surface area contributed by atoms with Crippen LogP contribution in [0.4, 0.5) is 9.59 Å². The van der Waals surface area contributed by atoms with E-state index in [-0.39, 0.29) is 55.1 Å². The summed E-state index contributed by atoms with van der Waals surface area (Å²) in [4.78, 5) is 66.5. The molecule has 0 aromatic carbocycles. The van der Waals surface area contributed by atoms with Gasteiger partial charge in [-0.1, -0.05) is 26.8 Å². The third kappa shape index (κ3) is 8.09. The van der Waals surface area contributed by atoms with E-state index in [4.69, 9.17) is 23.7 Å². The number of esters is 2. The van der Waals surface area contributed by atoms with E-state index in [1.54, 1.807) is 41.5 Å². The van der Waals surface area contributed by atoms with E-state index in [1.807, 2.05) is 0 Å². The standard InChI is InChI=1S/C38H60N2O11/c1-21-23-18-25(42)28-37(20-48-22(2)41)16-13-15-36(9,10)26(37)19-27(47-11)38(28,29(21)43)30(23)49-31(44)24(40-33(46)51-35(6,7)8)14-12-17-39-32(45)50-34(3,4)5/h23-28,30,42H,1,12-20H2,2-11H3,(H,39,45)(H,40,46)/t23-,24-,25-,26+,27+,28-,30+,37-,38+/m0/s1. The molecule has 0 saturated heterocycles. The number of nitrogens with one attached hydrogen (secondary N) is 2. The molecule has 4 fully saturated rings. The van der Waals surface area contributed by atoms with Gasteiger partial charge in [0.1, 0.15) is 28.8 Å². The van der Waals surface area contributed by atoms with E-state index < -0.39 is 82.3 Å². The number of rotatable bonds is 10. The summed E-state index contributed by atoms with van der Waals surface area (Å²) in [5.74, 6) is -3.12. The Morgan fingerprint density at radius 3 is 2.22 bits per heavy atom. The summed E-state index contributed by atoms with van der Waals surface area (Å²) in [6.07, 6.45) is -1.06. The average Bonchev–Trinajstić information content (AvgIpc) is 3.11. The number of ketones is 1. The fraction of sp³-hybridized carbons (Fsp3) is 0.816. The smallest absolute Gasteiger partial charge is 0.408 e. The van der Waals surface area contributed by atoms with Gasteiger partial charge >= 0.3 is 24.1 Å². The molecular formula is C38H60N2O11. The molecule has 51 heavy (non-hydrogen) atoms. The Labute approximate surface area is 302 Å². The van der Waals surface area contributed by atoms with Crippen molar-refractivity contribution in [2.24, 2.45) is 34.0 Å². The van der Waals surface area contributed by atoms with Gasteiger partial charge in [0.2, 0.25) is 0 Å². The summed E-state index contributed by atoms with van der Waals surface area (Å²) < 4.78 is 29.1. The summed E-state index contributed by atoms with van der Waals surface area (Å²) in [6, 6.07) is -1.20. The van der Waals surface area contributed by atoms with Gasteiger partial charge in [-0.25, -0.2) is 14.4 Å². The van der Waals surface area contributed by atoms with Crippen molar-refractivity contribution < 1.29 is 52.8 Å². The number of alkyl carbamates (subject to hydrolysis) is 2. The highest BCUT2D eigenvalue weighted by Gasteiger charge is 2.78. The van der Waals surface area contributed by atoms with Crippen molar-refractivity contribution in [2.45, 2.75) is 143 Å².